The van der Waals surface area contributed by atoms with Crippen molar-refractivity contribution in [2.24, 2.45) is 0 Å². The van der Waals surface area contributed by atoms with E-state index in [9.17, 15) is 9.67 Å². The van der Waals surface area contributed by atoms with Gasteiger partial charge < -0.3 is 19.1 Å². The molecule has 0 fully saturated rings. The molecule has 6 nitrogen and oxygen atoms in total. The van der Waals surface area contributed by atoms with Gasteiger partial charge >= 0.3 is 7.60 Å². The van der Waals surface area contributed by atoms with Crippen LogP contribution >= 0.6 is 7.60 Å². The van der Waals surface area contributed by atoms with Crippen LogP contribution in [0.25, 0.3) is 0 Å². The van der Waals surface area contributed by atoms with E-state index in [4.69, 9.17) is 9.05 Å². The summed E-state index contributed by atoms with van der Waals surface area (Å²) in [4.78, 5) is 6.00. The molecule has 0 saturated heterocycles. The highest BCUT2D eigenvalue weighted by atomic mass is 31.2. The summed E-state index contributed by atoms with van der Waals surface area (Å²) in [6.07, 6.45) is 3.43. The van der Waals surface area contributed by atoms with Gasteiger partial charge in [0.05, 0.1) is 25.1 Å². The maximum absolute atomic E-state index is 13.1. The van der Waals surface area contributed by atoms with Crippen LogP contribution in [0.1, 0.15) is 25.0 Å². The minimum absolute atomic E-state index is 0.0596. The van der Waals surface area contributed by atoms with E-state index in [-0.39, 0.29) is 12.0 Å². The number of aryl methyl sites for hydroxylation is 2. The van der Waals surface area contributed by atoms with Crippen LogP contribution in [0.2, 0.25) is 0 Å². The zero-order valence-corrected chi connectivity index (χ0v) is 16.0. The Labute approximate surface area is 149 Å². The average molecular weight is 364 g/mol. The van der Waals surface area contributed by atoms with Gasteiger partial charge in [-0.25, -0.2) is 0 Å². The zero-order valence-electron chi connectivity index (χ0n) is 15.1. The fraction of sp³-hybridized carbons (Fsp3) is 0.389. The van der Waals surface area contributed by atoms with E-state index in [2.05, 4.69) is 4.98 Å². The molecule has 0 atom stereocenters. The molecule has 136 valence electrons. The van der Waals surface area contributed by atoms with E-state index in [0.717, 1.165) is 22.5 Å². The number of benzene rings is 1. The predicted molar refractivity (Wildman–Crippen MR) is 99.7 cm³/mol. The molecule has 0 aliphatic heterocycles. The zero-order chi connectivity index (χ0) is 18.4. The topological polar surface area (TPSA) is 71.9 Å². The highest BCUT2D eigenvalue weighted by molar-refractivity contribution is 7.54. The summed E-state index contributed by atoms with van der Waals surface area (Å²) >= 11 is 0. The van der Waals surface area contributed by atoms with Crippen LogP contribution in [-0.4, -0.2) is 29.6 Å². The summed E-state index contributed by atoms with van der Waals surface area (Å²) < 4.78 is 24.0. The number of hydrogen-bond donors (Lipinski definition) is 1. The number of aromatic hydroxyl groups is 1. The van der Waals surface area contributed by atoms with Crippen molar-refractivity contribution in [1.29, 1.82) is 0 Å². The normalized spacial score (nSPS) is 11.5. The number of hydrogen-bond acceptors (Lipinski definition) is 6. The second-order valence-corrected chi connectivity index (χ2v) is 7.68. The number of pyridine rings is 1. The molecule has 0 bridgehead atoms. The van der Waals surface area contributed by atoms with Gasteiger partial charge in [0.2, 0.25) is 0 Å². The van der Waals surface area contributed by atoms with Gasteiger partial charge in [0.15, 0.2) is 0 Å². The van der Waals surface area contributed by atoms with Crippen molar-refractivity contribution < 1.29 is 18.7 Å². The number of rotatable bonds is 8. The molecule has 0 radical (unpaired) electrons. The second-order valence-electron chi connectivity index (χ2n) is 5.66. The molecule has 1 N–H and O–H groups in total. The molecule has 25 heavy (non-hydrogen) atoms. The Kier molecular flexibility index (Phi) is 6.59. The van der Waals surface area contributed by atoms with E-state index < -0.39 is 7.60 Å². The van der Waals surface area contributed by atoms with Crippen LogP contribution < -0.4 is 4.90 Å². The van der Waals surface area contributed by atoms with Crippen LogP contribution in [0, 0.1) is 13.8 Å². The highest BCUT2D eigenvalue weighted by Crippen LogP contribution is 2.50. The first-order chi connectivity index (χ1) is 11.9. The van der Waals surface area contributed by atoms with Crippen molar-refractivity contribution in [2.45, 2.75) is 27.7 Å². The minimum Gasteiger partial charge on any atom is -0.507 e. The van der Waals surface area contributed by atoms with Crippen molar-refractivity contribution in [3.05, 3.63) is 47.8 Å². The maximum Gasteiger partial charge on any atom is 0.350 e. The Bertz CT molecular complexity index is 719. The first-order valence-electron chi connectivity index (χ1n) is 8.26. The van der Waals surface area contributed by atoms with Crippen LogP contribution in [0.4, 0.5) is 11.4 Å². The Hall–Kier alpha value is -1.88. The van der Waals surface area contributed by atoms with Gasteiger partial charge in [0, 0.05) is 11.9 Å². The summed E-state index contributed by atoms with van der Waals surface area (Å²) in [5, 5.41) is 10.0. The molecule has 1 heterocycles. The molecular formula is C18H25N2O4P. The van der Waals surface area contributed by atoms with Crippen molar-refractivity contribution in [1.82, 2.24) is 4.98 Å². The standard InChI is InChI=1S/C18H25N2O4P/c1-5-23-25(22,24-6-2)13-20(16-8-7-9-19-12-16)17-10-14(3)18(21)15(4)11-17/h7-12,21H,5-6,13H2,1-4H3. The number of phenols is 1. The molecule has 0 aliphatic rings. The molecule has 7 heteroatoms. The molecule has 2 rings (SSSR count). The third-order valence-corrected chi connectivity index (χ3v) is 5.64. The van der Waals surface area contributed by atoms with Crippen molar-refractivity contribution in [2.75, 3.05) is 24.4 Å². The van der Waals surface area contributed by atoms with E-state index in [1.165, 1.54) is 0 Å². The van der Waals surface area contributed by atoms with Crippen molar-refractivity contribution in [3.8, 4) is 5.75 Å². The molecular weight excluding hydrogens is 339 g/mol. The van der Waals surface area contributed by atoms with Crippen LogP contribution in [0.15, 0.2) is 36.7 Å². The number of phenolic OH excluding ortho intramolecular Hbond substituents is 1. The van der Waals surface area contributed by atoms with Gasteiger partial charge in [-0.1, -0.05) is 0 Å². The van der Waals surface area contributed by atoms with E-state index >= 15 is 0 Å². The Morgan fingerprint density at radius 3 is 2.20 bits per heavy atom. The Morgan fingerprint density at radius 1 is 1.12 bits per heavy atom. The van der Waals surface area contributed by atoms with Gasteiger partial charge in [0.1, 0.15) is 12.0 Å². The lowest BCUT2D eigenvalue weighted by Gasteiger charge is -2.29. The lowest BCUT2D eigenvalue weighted by molar-refractivity contribution is 0.220. The van der Waals surface area contributed by atoms with Gasteiger partial charge in [-0.3, -0.25) is 9.55 Å². The fourth-order valence-corrected chi connectivity index (χ4v) is 4.30. The van der Waals surface area contributed by atoms with Crippen molar-refractivity contribution >= 4 is 19.0 Å². The molecule has 0 unspecified atom stereocenters. The fourth-order valence-electron chi connectivity index (χ4n) is 2.60. The quantitative estimate of drug-likeness (QED) is 0.681. The van der Waals surface area contributed by atoms with Gasteiger partial charge in [-0.05, 0) is 63.1 Å². The van der Waals surface area contributed by atoms with Crippen LogP contribution in [-0.2, 0) is 13.6 Å². The second kappa shape index (κ2) is 8.48. The minimum atomic E-state index is -3.31. The first kappa shape index (κ1) is 19.4. The summed E-state index contributed by atoms with van der Waals surface area (Å²) in [7, 11) is -3.31. The smallest absolute Gasteiger partial charge is 0.350 e. The average Bonchev–Trinajstić information content (AvgIpc) is 2.58. The number of nitrogens with zero attached hydrogens (tertiary/aromatic N) is 2. The van der Waals surface area contributed by atoms with Gasteiger partial charge in [-0.15, -0.1) is 0 Å². The molecule has 1 aromatic carbocycles. The van der Waals surface area contributed by atoms with Gasteiger partial charge in [-0.2, -0.15) is 0 Å². The molecule has 1 aromatic heterocycles. The summed E-state index contributed by atoms with van der Waals surface area (Å²) in [5.74, 6) is 0.257. The highest BCUT2D eigenvalue weighted by Gasteiger charge is 2.29. The largest absolute Gasteiger partial charge is 0.507 e. The van der Waals surface area contributed by atoms with E-state index in [1.807, 2.05) is 43.0 Å². The summed E-state index contributed by atoms with van der Waals surface area (Å²) in [5.41, 5.74) is 3.05. The van der Waals surface area contributed by atoms with E-state index in [0.29, 0.717) is 13.2 Å². The molecule has 0 saturated carbocycles. The number of aromatic nitrogens is 1. The van der Waals surface area contributed by atoms with Crippen LogP contribution in [0.5, 0.6) is 5.75 Å². The molecule has 0 aliphatic carbocycles. The Morgan fingerprint density at radius 2 is 1.72 bits per heavy atom. The Balaban J connectivity index is 2.49. The monoisotopic (exact) mass is 364 g/mol. The molecule has 0 spiro atoms. The van der Waals surface area contributed by atoms with Gasteiger partial charge in [0.25, 0.3) is 0 Å². The maximum atomic E-state index is 13.1. The third-order valence-electron chi connectivity index (χ3n) is 3.71. The third kappa shape index (κ3) is 4.82. The number of anilines is 2. The molecule has 2 aromatic rings. The lowest BCUT2D eigenvalue weighted by Crippen LogP contribution is -2.21. The first-order valence-corrected chi connectivity index (χ1v) is 9.99. The summed E-state index contributed by atoms with van der Waals surface area (Å²) in [6.45, 7) is 7.83. The van der Waals surface area contributed by atoms with Crippen molar-refractivity contribution in [3.63, 3.8) is 0 Å². The van der Waals surface area contributed by atoms with Crippen LogP contribution in [0.3, 0.4) is 0 Å². The summed E-state index contributed by atoms with van der Waals surface area (Å²) in [6, 6.07) is 7.39. The SMILES string of the molecule is CCOP(=O)(CN(c1cccnc1)c1cc(C)c(O)c(C)c1)OCC. The lowest BCUT2D eigenvalue weighted by atomic mass is 10.1. The molecule has 0 amide bonds. The predicted octanol–water partition coefficient (Wildman–Crippen LogP) is 4.77. The van der Waals surface area contributed by atoms with E-state index in [1.54, 1.807) is 26.2 Å².